The first kappa shape index (κ1) is 24.8. The number of carboxylic acids is 1. The number of phenols is 2. The summed E-state index contributed by atoms with van der Waals surface area (Å²) >= 11 is 3.40. The lowest BCUT2D eigenvalue weighted by Crippen LogP contribution is -2.09. The summed E-state index contributed by atoms with van der Waals surface area (Å²) in [5.41, 5.74) is 1.39. The van der Waals surface area contributed by atoms with Crippen molar-refractivity contribution in [3.8, 4) is 11.5 Å². The summed E-state index contributed by atoms with van der Waals surface area (Å²) in [5.74, 6) is -2.05. The Morgan fingerprint density at radius 2 is 1.14 bits per heavy atom. The van der Waals surface area contributed by atoms with Gasteiger partial charge in [0.2, 0.25) is 0 Å². The summed E-state index contributed by atoms with van der Waals surface area (Å²) in [6.45, 7) is 4.38. The normalized spacial score (nSPS) is 11.1. The van der Waals surface area contributed by atoms with Gasteiger partial charge in [-0.2, -0.15) is 0 Å². The average Bonchev–Trinajstić information content (AvgIpc) is 2.67. The number of carbonyl (C=O) groups is 1. The Labute approximate surface area is 178 Å². The molecule has 1 aromatic carbocycles. The molecule has 0 saturated heterocycles. The third-order valence-corrected chi connectivity index (χ3v) is 6.23. The largest absolute Gasteiger partial charge is 0.504 e. The minimum Gasteiger partial charge on any atom is -0.504 e. The minimum atomic E-state index is -1.18. The first-order chi connectivity index (χ1) is 13.5. The second-order valence-electron chi connectivity index (χ2n) is 7.68. The van der Waals surface area contributed by atoms with E-state index < -0.39 is 11.7 Å². The summed E-state index contributed by atoms with van der Waals surface area (Å²) in [7, 11) is 0. The van der Waals surface area contributed by atoms with Gasteiger partial charge in [0.15, 0.2) is 11.5 Å². The molecule has 0 aliphatic carbocycles. The lowest BCUT2D eigenvalue weighted by atomic mass is 9.91. The maximum absolute atomic E-state index is 11.8. The summed E-state index contributed by atoms with van der Waals surface area (Å²) in [5, 5.41) is 30.1. The van der Waals surface area contributed by atoms with Crippen LogP contribution in [0.1, 0.15) is 112 Å². The van der Waals surface area contributed by atoms with Crippen LogP contribution < -0.4 is 0 Å². The van der Waals surface area contributed by atoms with Gasteiger partial charge in [-0.1, -0.05) is 78.1 Å². The van der Waals surface area contributed by atoms with Crippen molar-refractivity contribution < 1.29 is 20.1 Å². The van der Waals surface area contributed by atoms with E-state index in [9.17, 15) is 20.1 Å². The highest BCUT2D eigenvalue weighted by Gasteiger charge is 2.25. The third kappa shape index (κ3) is 7.65. The number of halogens is 1. The zero-order valence-corrected chi connectivity index (χ0v) is 19.1. The molecule has 0 spiro atoms. The Balaban J connectivity index is 2.92. The van der Waals surface area contributed by atoms with Gasteiger partial charge in [-0.3, -0.25) is 0 Å². The van der Waals surface area contributed by atoms with E-state index in [0.29, 0.717) is 22.9 Å². The molecule has 1 rings (SSSR count). The second-order valence-corrected chi connectivity index (χ2v) is 8.48. The Hall–Kier alpha value is -1.23. The van der Waals surface area contributed by atoms with Crippen molar-refractivity contribution in [2.45, 2.75) is 104 Å². The maximum atomic E-state index is 11.8. The van der Waals surface area contributed by atoms with E-state index in [-0.39, 0.29) is 11.3 Å². The summed E-state index contributed by atoms with van der Waals surface area (Å²) in [6, 6.07) is 0. The van der Waals surface area contributed by atoms with Crippen LogP contribution in [-0.4, -0.2) is 21.3 Å². The van der Waals surface area contributed by atoms with Gasteiger partial charge in [-0.15, -0.1) is 0 Å². The Kier molecular flexibility index (Phi) is 12.3. The highest BCUT2D eigenvalue weighted by molar-refractivity contribution is 9.10. The van der Waals surface area contributed by atoms with E-state index >= 15 is 0 Å². The molecule has 0 aromatic heterocycles. The number of hydrogen-bond donors (Lipinski definition) is 3. The number of hydrogen-bond acceptors (Lipinski definition) is 3. The summed E-state index contributed by atoms with van der Waals surface area (Å²) in [4.78, 5) is 11.8. The van der Waals surface area contributed by atoms with Gasteiger partial charge in [0, 0.05) is 0 Å². The number of unbranched alkanes of at least 4 members (excludes halogenated alkanes) is 10. The molecule has 0 saturated carbocycles. The van der Waals surface area contributed by atoms with Gasteiger partial charge >= 0.3 is 5.97 Å². The Morgan fingerprint density at radius 3 is 1.61 bits per heavy atom. The van der Waals surface area contributed by atoms with E-state index in [1.807, 2.05) is 0 Å². The van der Waals surface area contributed by atoms with Crippen LogP contribution in [0.15, 0.2) is 4.47 Å². The minimum absolute atomic E-state index is 0.129. The van der Waals surface area contributed by atoms with Crippen molar-refractivity contribution in [1.82, 2.24) is 0 Å². The molecule has 0 aliphatic heterocycles. The fourth-order valence-electron chi connectivity index (χ4n) is 3.72. The zero-order chi connectivity index (χ0) is 20.9. The number of aromatic hydroxyl groups is 2. The van der Waals surface area contributed by atoms with Crippen molar-refractivity contribution in [3.63, 3.8) is 0 Å². The van der Waals surface area contributed by atoms with Crippen molar-refractivity contribution in [1.29, 1.82) is 0 Å². The zero-order valence-electron chi connectivity index (χ0n) is 17.5. The monoisotopic (exact) mass is 456 g/mol. The third-order valence-electron chi connectivity index (χ3n) is 5.37. The molecule has 0 amide bonds. The predicted octanol–water partition coefficient (Wildman–Crippen LogP) is 7.36. The van der Waals surface area contributed by atoms with E-state index in [1.54, 1.807) is 0 Å². The molecule has 3 N–H and O–H groups in total. The Bertz CT molecular complexity index is 613. The van der Waals surface area contributed by atoms with Crippen LogP contribution in [-0.2, 0) is 12.8 Å². The van der Waals surface area contributed by atoms with Gasteiger partial charge in [0.25, 0.3) is 0 Å². The molecule has 4 nitrogen and oxygen atoms in total. The number of aromatic carboxylic acids is 1. The summed E-state index contributed by atoms with van der Waals surface area (Å²) < 4.78 is 0.449. The molecule has 1 aromatic rings. The highest BCUT2D eigenvalue weighted by Crippen LogP contribution is 2.43. The van der Waals surface area contributed by atoms with Crippen molar-refractivity contribution in [2.24, 2.45) is 0 Å². The van der Waals surface area contributed by atoms with E-state index in [0.717, 1.165) is 37.7 Å². The van der Waals surface area contributed by atoms with Crippen LogP contribution in [0.5, 0.6) is 11.5 Å². The van der Waals surface area contributed by atoms with Crippen LogP contribution in [0.3, 0.4) is 0 Å². The topological polar surface area (TPSA) is 77.8 Å². The molecular weight excluding hydrogens is 420 g/mol. The molecular formula is C23H37BrO4. The van der Waals surface area contributed by atoms with Crippen LogP contribution >= 0.6 is 15.9 Å². The number of benzene rings is 1. The molecule has 0 radical (unpaired) electrons. The highest BCUT2D eigenvalue weighted by atomic mass is 79.9. The molecule has 0 bridgehead atoms. The molecule has 0 unspecified atom stereocenters. The van der Waals surface area contributed by atoms with Crippen molar-refractivity contribution in [2.75, 3.05) is 0 Å². The van der Waals surface area contributed by atoms with Crippen molar-refractivity contribution >= 4 is 21.9 Å². The fourth-order valence-corrected chi connectivity index (χ4v) is 4.35. The standard InChI is InChI=1S/C23H37BrO4/c1-3-5-7-9-11-13-15-17-18(16-14-12-10-8-6-4-2)20(24)22(26)21(25)19(17)23(27)28/h25-26H,3-16H2,1-2H3,(H,27,28). The quantitative estimate of drug-likeness (QED) is 0.190. The number of phenolic OH excluding ortho intramolecular Hbond substituents is 1. The van der Waals surface area contributed by atoms with Crippen molar-refractivity contribution in [3.05, 3.63) is 21.2 Å². The van der Waals surface area contributed by atoms with Gasteiger partial charge in [0.05, 0.1) is 4.47 Å². The lowest BCUT2D eigenvalue weighted by molar-refractivity contribution is 0.0691. The smallest absolute Gasteiger partial charge is 0.339 e. The molecule has 160 valence electrons. The van der Waals surface area contributed by atoms with Gasteiger partial charge in [0.1, 0.15) is 5.56 Å². The van der Waals surface area contributed by atoms with Gasteiger partial charge in [-0.05, 0) is 52.7 Å². The van der Waals surface area contributed by atoms with E-state index in [4.69, 9.17) is 0 Å². The number of carboxylic acid groups (broad SMARTS) is 1. The van der Waals surface area contributed by atoms with E-state index in [1.165, 1.54) is 44.9 Å². The molecule has 0 atom stereocenters. The van der Waals surface area contributed by atoms with Crippen LogP contribution in [0.25, 0.3) is 0 Å². The molecule has 28 heavy (non-hydrogen) atoms. The first-order valence-corrected chi connectivity index (χ1v) is 11.7. The predicted molar refractivity (Wildman–Crippen MR) is 119 cm³/mol. The summed E-state index contributed by atoms with van der Waals surface area (Å²) in [6.07, 6.45) is 15.0. The lowest BCUT2D eigenvalue weighted by Gasteiger charge is -2.18. The fraction of sp³-hybridized carbons (Fsp3) is 0.696. The van der Waals surface area contributed by atoms with Crippen LogP contribution in [0.2, 0.25) is 0 Å². The Morgan fingerprint density at radius 1 is 0.714 bits per heavy atom. The van der Waals surface area contributed by atoms with Crippen LogP contribution in [0, 0.1) is 0 Å². The van der Waals surface area contributed by atoms with Crippen LogP contribution in [0.4, 0.5) is 0 Å². The second kappa shape index (κ2) is 13.9. The van der Waals surface area contributed by atoms with Gasteiger partial charge in [-0.25, -0.2) is 4.79 Å². The van der Waals surface area contributed by atoms with E-state index in [2.05, 4.69) is 29.8 Å². The SMILES string of the molecule is CCCCCCCCc1c(Br)c(O)c(O)c(C(=O)O)c1CCCCCCCC. The first-order valence-electron chi connectivity index (χ1n) is 10.9. The molecule has 5 heteroatoms. The molecule has 0 fully saturated rings. The maximum Gasteiger partial charge on any atom is 0.339 e. The average molecular weight is 457 g/mol. The molecule has 0 heterocycles. The molecule has 0 aliphatic rings. The van der Waals surface area contributed by atoms with Gasteiger partial charge < -0.3 is 15.3 Å². The number of rotatable bonds is 15.